The monoisotopic (exact) mass is 267 g/mol. The Bertz CT molecular complexity index is 418. The van der Waals surface area contributed by atoms with Crippen LogP contribution in [0.5, 0.6) is 0 Å². The number of hydrogen-bond acceptors (Lipinski definition) is 3. The van der Waals surface area contributed by atoms with Gasteiger partial charge in [0.25, 0.3) is 0 Å². The Labute approximate surface area is 113 Å². The predicted octanol–water partition coefficient (Wildman–Crippen LogP) is 2.23. The van der Waals surface area contributed by atoms with Gasteiger partial charge in [0.1, 0.15) is 0 Å². The molecular weight excluding hydrogens is 250 g/mol. The van der Waals surface area contributed by atoms with E-state index >= 15 is 0 Å². The lowest BCUT2D eigenvalue weighted by Gasteiger charge is -2.16. The fourth-order valence-corrected chi connectivity index (χ4v) is 2.76. The van der Waals surface area contributed by atoms with Crippen LogP contribution in [0.2, 0.25) is 5.02 Å². The number of likely N-dealkylation sites (tertiary alicyclic amines) is 1. The van der Waals surface area contributed by atoms with Crippen molar-refractivity contribution in [1.29, 1.82) is 0 Å². The fraction of sp³-hybridized carbons (Fsp3) is 0.500. The minimum Gasteiger partial charge on any atom is -0.469 e. The summed E-state index contributed by atoms with van der Waals surface area (Å²) in [6.07, 6.45) is 0.890. The van der Waals surface area contributed by atoms with E-state index in [1.807, 2.05) is 31.3 Å². The third-order valence-corrected chi connectivity index (χ3v) is 3.79. The van der Waals surface area contributed by atoms with E-state index < -0.39 is 0 Å². The number of carbonyl (C=O) groups is 1. The normalized spacial score (nSPS) is 24.2. The second-order valence-electron chi connectivity index (χ2n) is 4.94. The molecule has 1 heterocycles. The van der Waals surface area contributed by atoms with Gasteiger partial charge in [0.05, 0.1) is 13.0 Å². The van der Waals surface area contributed by atoms with E-state index in [4.69, 9.17) is 16.3 Å². The molecule has 0 bridgehead atoms. The molecule has 1 saturated heterocycles. The van der Waals surface area contributed by atoms with Crippen molar-refractivity contribution < 1.29 is 9.53 Å². The third kappa shape index (κ3) is 3.03. The van der Waals surface area contributed by atoms with Gasteiger partial charge in [0.15, 0.2) is 0 Å². The number of halogens is 1. The highest BCUT2D eigenvalue weighted by Gasteiger charge is 2.36. The lowest BCUT2D eigenvalue weighted by atomic mass is 9.90. The quantitative estimate of drug-likeness (QED) is 0.787. The van der Waals surface area contributed by atoms with E-state index in [9.17, 15) is 4.79 Å². The molecule has 1 aromatic carbocycles. The van der Waals surface area contributed by atoms with Crippen molar-refractivity contribution in [2.45, 2.75) is 6.42 Å². The van der Waals surface area contributed by atoms with Crippen molar-refractivity contribution in [2.24, 2.45) is 11.8 Å². The smallest absolute Gasteiger partial charge is 0.310 e. The fourth-order valence-electron chi connectivity index (χ4n) is 2.64. The van der Waals surface area contributed by atoms with E-state index in [1.165, 1.54) is 12.7 Å². The number of benzene rings is 1. The number of ether oxygens (including phenoxy) is 1. The molecule has 0 spiro atoms. The summed E-state index contributed by atoms with van der Waals surface area (Å²) in [6, 6.07) is 7.83. The minimum absolute atomic E-state index is 0.0179. The van der Waals surface area contributed by atoms with Gasteiger partial charge < -0.3 is 9.64 Å². The lowest BCUT2D eigenvalue weighted by Crippen LogP contribution is -2.25. The molecule has 0 radical (unpaired) electrons. The second-order valence-corrected chi connectivity index (χ2v) is 5.38. The van der Waals surface area contributed by atoms with Crippen molar-refractivity contribution >= 4 is 17.6 Å². The van der Waals surface area contributed by atoms with Crippen LogP contribution >= 0.6 is 11.6 Å². The Morgan fingerprint density at radius 2 is 2.06 bits per heavy atom. The molecule has 1 aliphatic heterocycles. The first-order chi connectivity index (χ1) is 8.60. The summed E-state index contributed by atoms with van der Waals surface area (Å²) in [5, 5.41) is 0.742. The van der Waals surface area contributed by atoms with Crippen LogP contribution in [0.15, 0.2) is 24.3 Å². The zero-order chi connectivity index (χ0) is 13.1. The summed E-state index contributed by atoms with van der Waals surface area (Å²) in [5.74, 6) is 0.206. The molecule has 0 amide bonds. The van der Waals surface area contributed by atoms with Gasteiger partial charge in [-0.15, -0.1) is 0 Å². The second kappa shape index (κ2) is 5.72. The van der Waals surface area contributed by atoms with Crippen molar-refractivity contribution in [1.82, 2.24) is 4.90 Å². The Balaban J connectivity index is 2.07. The maximum absolute atomic E-state index is 11.7. The van der Waals surface area contributed by atoms with Gasteiger partial charge in [-0.25, -0.2) is 0 Å². The highest BCUT2D eigenvalue weighted by atomic mass is 35.5. The zero-order valence-corrected chi connectivity index (χ0v) is 11.5. The van der Waals surface area contributed by atoms with Crippen molar-refractivity contribution in [3.05, 3.63) is 34.9 Å². The largest absolute Gasteiger partial charge is 0.469 e. The molecule has 1 unspecified atom stereocenters. The Morgan fingerprint density at radius 1 is 1.39 bits per heavy atom. The molecule has 1 fully saturated rings. The van der Waals surface area contributed by atoms with Crippen LogP contribution in [0.4, 0.5) is 0 Å². The van der Waals surface area contributed by atoms with E-state index in [0.717, 1.165) is 24.5 Å². The first-order valence-electron chi connectivity index (χ1n) is 6.11. The Hall–Kier alpha value is -1.06. The Kier molecular flexibility index (Phi) is 4.25. The molecule has 4 heteroatoms. The lowest BCUT2D eigenvalue weighted by molar-refractivity contribution is -0.146. The standard InChI is InChI=1S/C14H18ClNO2/c1-16-8-11(13(9-16)14(17)18-2)7-10-3-5-12(15)6-4-10/h3-6,11,13H,7-9H2,1-2H3/t11-,13?/m0/s1. The molecule has 0 aromatic heterocycles. The number of methoxy groups -OCH3 is 1. The predicted molar refractivity (Wildman–Crippen MR) is 71.6 cm³/mol. The van der Waals surface area contributed by atoms with Crippen LogP contribution < -0.4 is 0 Å². The van der Waals surface area contributed by atoms with E-state index in [0.29, 0.717) is 5.92 Å². The van der Waals surface area contributed by atoms with Gasteiger partial charge in [0.2, 0.25) is 0 Å². The highest BCUT2D eigenvalue weighted by molar-refractivity contribution is 6.30. The van der Waals surface area contributed by atoms with Crippen molar-refractivity contribution in [3.63, 3.8) is 0 Å². The van der Waals surface area contributed by atoms with Gasteiger partial charge in [0, 0.05) is 18.1 Å². The molecule has 18 heavy (non-hydrogen) atoms. The molecule has 0 N–H and O–H groups in total. The first-order valence-corrected chi connectivity index (χ1v) is 6.48. The van der Waals surface area contributed by atoms with Gasteiger partial charge in [-0.05, 0) is 37.1 Å². The molecule has 2 rings (SSSR count). The summed E-state index contributed by atoms with van der Waals surface area (Å²) < 4.78 is 4.88. The highest BCUT2D eigenvalue weighted by Crippen LogP contribution is 2.27. The molecular formula is C14H18ClNO2. The topological polar surface area (TPSA) is 29.5 Å². The van der Waals surface area contributed by atoms with E-state index in [-0.39, 0.29) is 11.9 Å². The van der Waals surface area contributed by atoms with Crippen molar-refractivity contribution in [2.75, 3.05) is 27.2 Å². The zero-order valence-electron chi connectivity index (χ0n) is 10.7. The molecule has 1 aromatic rings. The summed E-state index contributed by atoms with van der Waals surface area (Å²) in [5.41, 5.74) is 1.22. The maximum Gasteiger partial charge on any atom is 0.310 e. The molecule has 0 saturated carbocycles. The number of carbonyl (C=O) groups excluding carboxylic acids is 1. The Morgan fingerprint density at radius 3 is 2.67 bits per heavy atom. The van der Waals surface area contributed by atoms with Gasteiger partial charge in [-0.3, -0.25) is 4.79 Å². The number of esters is 1. The molecule has 3 nitrogen and oxygen atoms in total. The van der Waals surface area contributed by atoms with Crippen LogP contribution in [-0.4, -0.2) is 38.1 Å². The van der Waals surface area contributed by atoms with Crippen LogP contribution in [0, 0.1) is 11.8 Å². The van der Waals surface area contributed by atoms with Gasteiger partial charge in [-0.2, -0.15) is 0 Å². The number of rotatable bonds is 3. The maximum atomic E-state index is 11.7. The average Bonchev–Trinajstić information content (AvgIpc) is 2.72. The van der Waals surface area contributed by atoms with Crippen LogP contribution in [0.1, 0.15) is 5.56 Å². The number of hydrogen-bond donors (Lipinski definition) is 0. The minimum atomic E-state index is -0.0988. The molecule has 0 aliphatic carbocycles. The SMILES string of the molecule is COC(=O)C1CN(C)C[C@@H]1Cc1ccc(Cl)cc1. The average molecular weight is 268 g/mol. The molecule has 1 aliphatic rings. The van der Waals surface area contributed by atoms with Gasteiger partial charge >= 0.3 is 5.97 Å². The van der Waals surface area contributed by atoms with Crippen molar-refractivity contribution in [3.8, 4) is 0 Å². The molecule has 2 atom stereocenters. The van der Waals surface area contributed by atoms with E-state index in [1.54, 1.807) is 0 Å². The van der Waals surface area contributed by atoms with Crippen LogP contribution in [0.3, 0.4) is 0 Å². The van der Waals surface area contributed by atoms with Crippen LogP contribution in [-0.2, 0) is 16.0 Å². The van der Waals surface area contributed by atoms with Crippen LogP contribution in [0.25, 0.3) is 0 Å². The first kappa shape index (κ1) is 13.4. The number of nitrogens with zero attached hydrogens (tertiary/aromatic N) is 1. The molecule has 98 valence electrons. The van der Waals surface area contributed by atoms with E-state index in [2.05, 4.69) is 4.90 Å². The summed E-state index contributed by atoms with van der Waals surface area (Å²) in [4.78, 5) is 13.9. The summed E-state index contributed by atoms with van der Waals surface area (Å²) >= 11 is 5.87. The summed E-state index contributed by atoms with van der Waals surface area (Å²) in [7, 11) is 3.50. The third-order valence-electron chi connectivity index (χ3n) is 3.54. The summed E-state index contributed by atoms with van der Waals surface area (Å²) in [6.45, 7) is 1.72. The van der Waals surface area contributed by atoms with Gasteiger partial charge in [-0.1, -0.05) is 23.7 Å².